The zero-order valence-corrected chi connectivity index (χ0v) is 27.4. The van der Waals surface area contributed by atoms with Gasteiger partial charge in [0.05, 0.1) is 11.9 Å². The second-order valence-electron chi connectivity index (χ2n) is 11.8. The molecule has 1 aromatic heterocycles. The average Bonchev–Trinajstić information content (AvgIpc) is 3.18. The summed E-state index contributed by atoms with van der Waals surface area (Å²) in [4.78, 5) is 43.6. The molecular formula is C28H41N3O6SSi2. The summed E-state index contributed by atoms with van der Waals surface area (Å²) in [5.74, 6) is -0.430. The third-order valence-electron chi connectivity index (χ3n) is 7.85. The van der Waals surface area contributed by atoms with Crippen molar-refractivity contribution in [1.29, 1.82) is 0 Å². The molecule has 9 nitrogen and oxygen atoms in total. The van der Waals surface area contributed by atoms with Crippen LogP contribution in [0.4, 0.5) is 5.82 Å². The van der Waals surface area contributed by atoms with Crippen molar-refractivity contribution in [3.05, 3.63) is 58.6 Å². The highest BCUT2D eigenvalue weighted by molar-refractivity contribution is 8.01. The molecule has 0 unspecified atom stereocenters. The highest BCUT2D eigenvalue weighted by atomic mass is 32.2. The maximum absolute atomic E-state index is 13.9. The number of thioether (sulfide) groups is 1. The number of ketones is 1. The van der Waals surface area contributed by atoms with Crippen LogP contribution in [0.5, 0.6) is 0 Å². The number of amides is 1. The van der Waals surface area contributed by atoms with Crippen LogP contribution in [0.25, 0.3) is 0 Å². The smallest absolute Gasteiger partial charge is 0.350 e. The number of nitrogens with zero attached hydrogens (tertiary/aromatic N) is 2. The lowest BCUT2D eigenvalue weighted by atomic mass is 10.2. The summed E-state index contributed by atoms with van der Waals surface area (Å²) >= 11 is 1.38. The minimum absolute atomic E-state index is 0.0907. The molecule has 0 spiro atoms. The SMILES string of the molecule is CC(C)[Si]1(C(C)C)OC[C@H]2S[C@H](n3ccc(NC(=O)c4ccccc4)nc3=O)C(=O)[C@@H]2O[Si](C(C)C)(C(C)C)O1. The molecule has 2 aliphatic rings. The fraction of sp³-hybridized carbons (Fsp3) is 0.571. The van der Waals surface area contributed by atoms with E-state index >= 15 is 0 Å². The van der Waals surface area contributed by atoms with Crippen molar-refractivity contribution in [2.45, 2.75) is 94.3 Å². The quantitative estimate of drug-likeness (QED) is 0.406. The minimum Gasteiger partial charge on any atom is -0.414 e. The predicted molar refractivity (Wildman–Crippen MR) is 162 cm³/mol. The number of hydrogen-bond acceptors (Lipinski definition) is 8. The Kier molecular flexibility index (Phi) is 9.27. The maximum Gasteiger partial charge on any atom is 0.350 e. The van der Waals surface area contributed by atoms with E-state index in [2.05, 4.69) is 65.7 Å². The van der Waals surface area contributed by atoms with Gasteiger partial charge in [0.1, 0.15) is 17.3 Å². The Bertz CT molecular complexity index is 1270. The fourth-order valence-electron chi connectivity index (χ4n) is 5.65. The minimum atomic E-state index is -2.96. The Balaban J connectivity index is 1.65. The Labute approximate surface area is 242 Å². The number of benzene rings is 1. The van der Waals surface area contributed by atoms with Crippen molar-refractivity contribution in [2.24, 2.45) is 0 Å². The molecule has 0 saturated carbocycles. The first-order chi connectivity index (χ1) is 18.8. The highest BCUT2D eigenvalue weighted by Crippen LogP contribution is 2.50. The van der Waals surface area contributed by atoms with Crippen LogP contribution in [-0.4, -0.2) is 56.3 Å². The van der Waals surface area contributed by atoms with Crippen molar-refractivity contribution >= 4 is 46.4 Å². The third-order valence-corrected chi connectivity index (χ3v) is 19.5. The molecular weight excluding hydrogens is 563 g/mol. The summed E-state index contributed by atoms with van der Waals surface area (Å²) < 4.78 is 22.2. The standard InChI is InChI=1S/C28H41N3O6SSi2/c1-17(2)39(18(3)4)35-16-22-25(36-40(37-39,19(5)6)20(7)8)24(32)27(38-22)31-15-14-23(30-28(31)34)29-26(33)21-12-10-9-11-13-21/h9-15,17-20,22,25,27H,16H2,1-8H3,(H,29,30,33,34)/t22-,25-,27+/m1/s1. The average molecular weight is 604 g/mol. The molecule has 3 atom stereocenters. The van der Waals surface area contributed by atoms with Crippen molar-refractivity contribution in [1.82, 2.24) is 9.55 Å². The summed E-state index contributed by atoms with van der Waals surface area (Å²) in [6.07, 6.45) is 0.765. The van der Waals surface area contributed by atoms with Crippen LogP contribution in [-0.2, 0) is 17.8 Å². The van der Waals surface area contributed by atoms with Gasteiger partial charge in [0.25, 0.3) is 5.91 Å². The molecule has 1 N–H and O–H groups in total. The summed E-state index contributed by atoms with van der Waals surface area (Å²) in [5.41, 5.74) is 0.408. The lowest BCUT2D eigenvalue weighted by Gasteiger charge is -2.51. The number of anilines is 1. The molecule has 0 aliphatic carbocycles. The summed E-state index contributed by atoms with van der Waals surface area (Å²) in [6.45, 7) is 17.4. The lowest BCUT2D eigenvalue weighted by molar-refractivity contribution is -0.127. The highest BCUT2D eigenvalue weighted by Gasteiger charge is 2.61. The summed E-state index contributed by atoms with van der Waals surface area (Å²) in [6, 6.07) is 10.2. The first-order valence-corrected chi connectivity index (χ1v) is 18.9. The van der Waals surface area contributed by atoms with Gasteiger partial charge in [-0.15, -0.1) is 11.8 Å². The fourth-order valence-corrected chi connectivity index (χ4v) is 18.4. The zero-order valence-electron chi connectivity index (χ0n) is 24.5. The zero-order chi connectivity index (χ0) is 29.4. The van der Waals surface area contributed by atoms with Crippen LogP contribution in [0.2, 0.25) is 22.2 Å². The Morgan fingerprint density at radius 1 is 0.950 bits per heavy atom. The van der Waals surface area contributed by atoms with Crippen LogP contribution < -0.4 is 11.0 Å². The molecule has 3 heterocycles. The van der Waals surface area contributed by atoms with Crippen molar-refractivity contribution in [2.75, 3.05) is 11.9 Å². The first kappa shape index (κ1) is 30.9. The molecule has 40 heavy (non-hydrogen) atoms. The molecule has 4 rings (SSSR count). The van der Waals surface area contributed by atoms with Crippen LogP contribution in [0, 0.1) is 0 Å². The Hall–Kier alpha value is -2.10. The van der Waals surface area contributed by atoms with Crippen LogP contribution in [0.15, 0.2) is 47.4 Å². The molecule has 2 aromatic rings. The monoisotopic (exact) mass is 603 g/mol. The van der Waals surface area contributed by atoms with Gasteiger partial charge in [0.15, 0.2) is 5.78 Å². The molecule has 2 saturated heterocycles. The molecule has 218 valence electrons. The number of carbonyl (C=O) groups is 2. The van der Waals surface area contributed by atoms with E-state index in [0.717, 1.165) is 0 Å². The number of fused-ring (bicyclic) bond motifs is 1. The van der Waals surface area contributed by atoms with E-state index in [1.807, 2.05) is 6.07 Å². The van der Waals surface area contributed by atoms with Gasteiger partial charge in [-0.05, 0) is 40.4 Å². The van der Waals surface area contributed by atoms with Crippen LogP contribution in [0.3, 0.4) is 0 Å². The largest absolute Gasteiger partial charge is 0.414 e. The van der Waals surface area contributed by atoms with E-state index in [1.165, 1.54) is 28.6 Å². The van der Waals surface area contributed by atoms with Gasteiger partial charge in [0, 0.05) is 11.8 Å². The normalized spacial score (nSPS) is 24.3. The molecule has 12 heteroatoms. The molecule has 1 aromatic carbocycles. The molecule has 1 amide bonds. The third kappa shape index (κ3) is 5.66. The van der Waals surface area contributed by atoms with Crippen molar-refractivity contribution in [3.8, 4) is 0 Å². The van der Waals surface area contributed by atoms with E-state index in [9.17, 15) is 14.4 Å². The van der Waals surface area contributed by atoms with E-state index in [1.54, 1.807) is 24.3 Å². The molecule has 0 radical (unpaired) electrons. The van der Waals surface area contributed by atoms with Gasteiger partial charge in [-0.25, -0.2) is 4.79 Å². The number of Topliss-reactive ketones (excluding diaryl/α,β-unsaturated/α-hetero) is 1. The molecule has 2 aliphatic heterocycles. The predicted octanol–water partition coefficient (Wildman–Crippen LogP) is 5.64. The van der Waals surface area contributed by atoms with Gasteiger partial charge in [-0.1, -0.05) is 73.6 Å². The summed E-state index contributed by atoms with van der Waals surface area (Å²) in [5, 5.41) is 1.57. The second-order valence-corrected chi connectivity index (χ2v) is 21.9. The van der Waals surface area contributed by atoms with Gasteiger partial charge in [0.2, 0.25) is 0 Å². The number of rotatable bonds is 7. The number of carbonyl (C=O) groups excluding carboxylic acids is 2. The topological polar surface area (TPSA) is 109 Å². The van der Waals surface area contributed by atoms with E-state index in [-0.39, 0.29) is 44.9 Å². The maximum atomic E-state index is 13.9. The van der Waals surface area contributed by atoms with Crippen LogP contribution in [0.1, 0.15) is 71.1 Å². The van der Waals surface area contributed by atoms with E-state index in [4.69, 9.17) is 13.0 Å². The van der Waals surface area contributed by atoms with Gasteiger partial charge >= 0.3 is 22.8 Å². The number of nitrogens with one attached hydrogen (secondary N) is 1. The summed E-state index contributed by atoms with van der Waals surface area (Å²) in [7, 11) is -5.70. The van der Waals surface area contributed by atoms with Crippen LogP contribution >= 0.6 is 11.8 Å². The van der Waals surface area contributed by atoms with Crippen molar-refractivity contribution < 1.29 is 22.6 Å². The van der Waals surface area contributed by atoms with Gasteiger partial charge < -0.3 is 18.3 Å². The number of hydrogen-bond donors (Lipinski definition) is 1. The molecule has 0 bridgehead atoms. The lowest BCUT2D eigenvalue weighted by Crippen LogP contribution is -2.65. The Morgan fingerprint density at radius 2 is 1.55 bits per heavy atom. The van der Waals surface area contributed by atoms with Gasteiger partial charge in [-0.3, -0.25) is 14.2 Å². The van der Waals surface area contributed by atoms with E-state index in [0.29, 0.717) is 12.2 Å². The second kappa shape index (κ2) is 12.0. The number of aromatic nitrogens is 2. The first-order valence-electron chi connectivity index (χ1n) is 14.0. The van der Waals surface area contributed by atoms with E-state index < -0.39 is 34.3 Å². The van der Waals surface area contributed by atoms with Gasteiger partial charge in [-0.2, -0.15) is 4.98 Å². The van der Waals surface area contributed by atoms with Crippen molar-refractivity contribution in [3.63, 3.8) is 0 Å². The Morgan fingerprint density at radius 3 is 2.10 bits per heavy atom. The molecule has 2 fully saturated rings.